The summed E-state index contributed by atoms with van der Waals surface area (Å²) in [7, 11) is 0. The Bertz CT molecular complexity index is 1140. The van der Waals surface area contributed by atoms with Crippen LogP contribution in [-0.4, -0.2) is 40.5 Å². The number of allylic oxidation sites excluding steroid dienone is 1. The van der Waals surface area contributed by atoms with E-state index in [1.54, 1.807) is 0 Å². The molecular formula is C25H20N2O5S. The van der Waals surface area contributed by atoms with Crippen LogP contribution in [0.2, 0.25) is 0 Å². The molecule has 1 amide bonds. The highest BCUT2D eigenvalue weighted by molar-refractivity contribution is 8.00. The quantitative estimate of drug-likeness (QED) is 0.282. The van der Waals surface area contributed by atoms with Gasteiger partial charge < -0.3 is 9.47 Å². The van der Waals surface area contributed by atoms with Crippen molar-refractivity contribution in [3.63, 3.8) is 0 Å². The van der Waals surface area contributed by atoms with Crippen LogP contribution in [0.4, 0.5) is 0 Å². The van der Waals surface area contributed by atoms with Crippen LogP contribution < -0.4 is 0 Å². The topological polar surface area (TPSA) is 96.7 Å². The Labute approximate surface area is 195 Å². The highest BCUT2D eigenvalue weighted by Gasteiger charge is 2.50. The van der Waals surface area contributed by atoms with E-state index in [1.165, 1.54) is 29.7 Å². The first kappa shape index (κ1) is 22.4. The number of benzene rings is 2. The van der Waals surface area contributed by atoms with Crippen molar-refractivity contribution in [1.82, 2.24) is 4.90 Å². The van der Waals surface area contributed by atoms with Gasteiger partial charge >= 0.3 is 11.9 Å². The molecule has 0 saturated carbocycles. The van der Waals surface area contributed by atoms with Crippen molar-refractivity contribution >= 4 is 29.6 Å². The van der Waals surface area contributed by atoms with Gasteiger partial charge in [0.2, 0.25) is 0 Å². The van der Waals surface area contributed by atoms with Crippen LogP contribution in [0, 0.1) is 11.3 Å². The van der Waals surface area contributed by atoms with E-state index in [0.29, 0.717) is 16.9 Å². The third kappa shape index (κ3) is 4.54. The Balaban J connectivity index is 1.70. The molecule has 2 aromatic carbocycles. The highest BCUT2D eigenvalue weighted by Crippen LogP contribution is 2.44. The normalized spacial score (nSPS) is 18.5. The molecule has 0 radical (unpaired) electrons. The number of rotatable bonds is 6. The number of fused-ring (bicyclic) bond motifs is 1. The number of β-lactam (4-membered cyclic amide) rings is 1. The minimum absolute atomic E-state index is 0.0666. The molecule has 1 saturated heterocycles. The van der Waals surface area contributed by atoms with E-state index < -0.39 is 29.3 Å². The van der Waals surface area contributed by atoms with Crippen molar-refractivity contribution in [3.8, 4) is 6.07 Å². The molecule has 2 aliphatic rings. The van der Waals surface area contributed by atoms with Crippen molar-refractivity contribution in [3.05, 3.63) is 94.7 Å². The Hall–Kier alpha value is -3.83. The number of carbonyl (C=O) groups excluding carboxylic acids is 3. The van der Waals surface area contributed by atoms with Gasteiger partial charge in [-0.3, -0.25) is 14.5 Å². The van der Waals surface area contributed by atoms with E-state index in [2.05, 4.69) is 0 Å². The van der Waals surface area contributed by atoms with E-state index in [4.69, 9.17) is 14.7 Å². The Morgan fingerprint density at radius 1 is 1.15 bits per heavy atom. The fourth-order valence-electron chi connectivity index (χ4n) is 3.72. The molecule has 0 aliphatic carbocycles. The average Bonchev–Trinajstić information content (AvgIpc) is 2.84. The third-order valence-electron chi connectivity index (χ3n) is 5.25. The SMILES string of the molecule is CC(=O)OCC1=C(C(=O)OC(c2ccccc2)c2ccccc2)N2C(=O)/C(=C/C#N)C2SC1. The summed E-state index contributed by atoms with van der Waals surface area (Å²) in [5.74, 6) is -1.26. The Kier molecular flexibility index (Phi) is 6.61. The molecule has 2 aliphatic heterocycles. The predicted octanol–water partition coefficient (Wildman–Crippen LogP) is 3.50. The van der Waals surface area contributed by atoms with Gasteiger partial charge in [0.1, 0.15) is 17.7 Å². The molecular weight excluding hydrogens is 440 g/mol. The zero-order valence-corrected chi connectivity index (χ0v) is 18.6. The number of hydrogen-bond donors (Lipinski definition) is 0. The predicted molar refractivity (Wildman–Crippen MR) is 121 cm³/mol. The number of carbonyl (C=O) groups is 3. The number of nitrogens with zero attached hydrogens (tertiary/aromatic N) is 2. The lowest BCUT2D eigenvalue weighted by Gasteiger charge is -2.45. The molecule has 2 aromatic rings. The number of nitriles is 1. The van der Waals surface area contributed by atoms with Gasteiger partial charge in [-0.2, -0.15) is 5.26 Å². The maximum absolute atomic E-state index is 13.5. The van der Waals surface area contributed by atoms with E-state index in [0.717, 1.165) is 11.1 Å². The van der Waals surface area contributed by atoms with Gasteiger partial charge in [-0.25, -0.2) is 4.79 Å². The lowest BCUT2D eigenvalue weighted by atomic mass is 10.0. The first-order valence-corrected chi connectivity index (χ1v) is 11.3. The number of amides is 1. The molecule has 7 nitrogen and oxygen atoms in total. The van der Waals surface area contributed by atoms with Gasteiger partial charge in [-0.1, -0.05) is 60.7 Å². The Morgan fingerprint density at radius 3 is 2.30 bits per heavy atom. The number of hydrogen-bond acceptors (Lipinski definition) is 7. The number of ether oxygens (including phenoxy) is 2. The molecule has 4 rings (SSSR count). The second-order valence-corrected chi connectivity index (χ2v) is 8.47. The summed E-state index contributed by atoms with van der Waals surface area (Å²) >= 11 is 1.39. The van der Waals surface area contributed by atoms with Crippen molar-refractivity contribution in [1.29, 1.82) is 5.26 Å². The third-order valence-corrected chi connectivity index (χ3v) is 6.55. The minimum Gasteiger partial charge on any atom is -0.461 e. The Morgan fingerprint density at radius 2 is 1.76 bits per heavy atom. The molecule has 0 bridgehead atoms. The summed E-state index contributed by atoms with van der Waals surface area (Å²) in [6.07, 6.45) is 0.508. The van der Waals surface area contributed by atoms with E-state index >= 15 is 0 Å². The fraction of sp³-hybridized carbons (Fsp3) is 0.200. The fourth-order valence-corrected chi connectivity index (χ4v) is 4.99. The molecule has 1 fully saturated rings. The molecule has 8 heteroatoms. The van der Waals surface area contributed by atoms with Gasteiger partial charge in [-0.05, 0) is 11.1 Å². The lowest BCUT2D eigenvalue weighted by Crippen LogP contribution is -2.56. The van der Waals surface area contributed by atoms with Gasteiger partial charge in [0, 0.05) is 24.3 Å². The molecule has 1 unspecified atom stereocenters. The number of esters is 2. The van der Waals surface area contributed by atoms with Crippen LogP contribution in [-0.2, 0) is 23.9 Å². The first-order chi connectivity index (χ1) is 16.0. The van der Waals surface area contributed by atoms with Gasteiger partial charge in [0.05, 0.1) is 11.6 Å². The molecule has 0 aromatic heterocycles. The van der Waals surface area contributed by atoms with E-state index in [9.17, 15) is 14.4 Å². The van der Waals surface area contributed by atoms with Crippen molar-refractivity contribution in [2.75, 3.05) is 12.4 Å². The zero-order chi connectivity index (χ0) is 23.4. The van der Waals surface area contributed by atoms with Crippen LogP contribution in [0.25, 0.3) is 0 Å². The zero-order valence-electron chi connectivity index (χ0n) is 17.8. The van der Waals surface area contributed by atoms with Crippen LogP contribution in [0.1, 0.15) is 24.2 Å². The maximum Gasteiger partial charge on any atom is 0.356 e. The minimum atomic E-state index is -0.694. The highest BCUT2D eigenvalue weighted by atomic mass is 32.2. The van der Waals surface area contributed by atoms with Crippen molar-refractivity contribution < 1.29 is 23.9 Å². The smallest absolute Gasteiger partial charge is 0.356 e. The van der Waals surface area contributed by atoms with Gasteiger partial charge in [0.15, 0.2) is 6.10 Å². The molecule has 1 atom stereocenters. The van der Waals surface area contributed by atoms with Crippen molar-refractivity contribution in [2.24, 2.45) is 0 Å². The summed E-state index contributed by atoms with van der Waals surface area (Å²) in [6.45, 7) is 1.16. The van der Waals surface area contributed by atoms with Crippen LogP contribution in [0.15, 0.2) is 83.6 Å². The van der Waals surface area contributed by atoms with E-state index in [-0.39, 0.29) is 12.3 Å². The maximum atomic E-state index is 13.5. The molecule has 33 heavy (non-hydrogen) atoms. The lowest BCUT2D eigenvalue weighted by molar-refractivity contribution is -0.149. The molecule has 166 valence electrons. The second-order valence-electron chi connectivity index (χ2n) is 7.41. The summed E-state index contributed by atoms with van der Waals surface area (Å²) in [5.41, 5.74) is 2.45. The molecule has 2 heterocycles. The van der Waals surface area contributed by atoms with Crippen molar-refractivity contribution in [2.45, 2.75) is 18.4 Å². The van der Waals surface area contributed by atoms with Crippen LogP contribution in [0.3, 0.4) is 0 Å². The van der Waals surface area contributed by atoms with Gasteiger partial charge in [-0.15, -0.1) is 11.8 Å². The van der Waals surface area contributed by atoms with Gasteiger partial charge in [0.25, 0.3) is 5.91 Å². The monoisotopic (exact) mass is 460 g/mol. The molecule has 0 N–H and O–H groups in total. The summed E-state index contributed by atoms with van der Waals surface area (Å²) in [6, 6.07) is 20.5. The van der Waals surface area contributed by atoms with Crippen LogP contribution >= 0.6 is 11.8 Å². The summed E-state index contributed by atoms with van der Waals surface area (Å²) in [5, 5.41) is 8.53. The van der Waals surface area contributed by atoms with Crippen LogP contribution in [0.5, 0.6) is 0 Å². The second kappa shape index (κ2) is 9.76. The standard InChI is InChI=1S/C25H20N2O5S/c1-16(28)31-14-19-15-33-24-20(12-13-26)23(29)27(24)21(19)25(30)32-22(17-8-4-2-5-9-17)18-10-6-3-7-11-18/h2-12,22,24H,14-15H2,1H3/b20-12-. The average molecular weight is 461 g/mol. The first-order valence-electron chi connectivity index (χ1n) is 10.2. The summed E-state index contributed by atoms with van der Waals surface area (Å²) < 4.78 is 11.1. The van der Waals surface area contributed by atoms with E-state index in [1.807, 2.05) is 66.7 Å². The molecule has 0 spiro atoms. The largest absolute Gasteiger partial charge is 0.461 e. The summed E-state index contributed by atoms with van der Waals surface area (Å²) in [4.78, 5) is 39.0. The number of thioether (sulfide) groups is 1.